The van der Waals surface area contributed by atoms with E-state index in [0.29, 0.717) is 6.54 Å². The van der Waals surface area contributed by atoms with E-state index in [1.807, 2.05) is 31.2 Å². The number of benzene rings is 1. The molecule has 0 radical (unpaired) electrons. The molecule has 8 heteroatoms. The maximum absolute atomic E-state index is 11.6. The number of hydrogen-bond donors (Lipinski definition) is 0. The van der Waals surface area contributed by atoms with Crippen molar-refractivity contribution in [2.75, 3.05) is 7.11 Å². The number of methoxy groups -OCH3 is 1. The lowest BCUT2D eigenvalue weighted by Crippen LogP contribution is -2.03. The molecule has 5 nitrogen and oxygen atoms in total. The Labute approximate surface area is 132 Å². The molecular weight excluding hydrogens is 335 g/mol. The van der Waals surface area contributed by atoms with Crippen LogP contribution in [-0.2, 0) is 26.9 Å². The molecule has 0 saturated carbocycles. The van der Waals surface area contributed by atoms with Crippen molar-refractivity contribution in [3.05, 3.63) is 46.2 Å². The monoisotopic (exact) mass is 348 g/mol. The number of ether oxygens (including phenoxy) is 1. The van der Waals surface area contributed by atoms with Crippen molar-refractivity contribution >= 4 is 31.3 Å². The average molecular weight is 349 g/mol. The van der Waals surface area contributed by atoms with Gasteiger partial charge in [-0.1, -0.05) is 41.4 Å². The summed E-state index contributed by atoms with van der Waals surface area (Å²) in [5.74, 6) is 0. The summed E-state index contributed by atoms with van der Waals surface area (Å²) in [6.45, 7) is 2.34. The fourth-order valence-corrected chi connectivity index (χ4v) is 3.84. The Bertz CT molecular complexity index is 757. The number of aromatic nitrogens is 2. The maximum Gasteiger partial charge on any atom is 0.266 e. The van der Waals surface area contributed by atoms with E-state index in [9.17, 15) is 8.42 Å². The van der Waals surface area contributed by atoms with Gasteiger partial charge in [0.05, 0.1) is 13.2 Å². The molecule has 0 amide bonds. The van der Waals surface area contributed by atoms with Crippen LogP contribution in [0.1, 0.15) is 16.8 Å². The Morgan fingerprint density at radius 3 is 2.67 bits per heavy atom. The molecule has 0 bridgehead atoms. The maximum atomic E-state index is 11.6. The lowest BCUT2D eigenvalue weighted by molar-refractivity contribution is 0.178. The van der Waals surface area contributed by atoms with Gasteiger partial charge in [0.1, 0.15) is 15.7 Å². The van der Waals surface area contributed by atoms with Crippen LogP contribution in [0.2, 0.25) is 5.15 Å². The molecule has 0 aliphatic carbocycles. The highest BCUT2D eigenvalue weighted by Crippen LogP contribution is 2.29. The molecule has 1 heterocycles. The van der Waals surface area contributed by atoms with E-state index in [-0.39, 0.29) is 22.3 Å². The van der Waals surface area contributed by atoms with Crippen LogP contribution in [0.5, 0.6) is 0 Å². The van der Waals surface area contributed by atoms with Gasteiger partial charge in [0.2, 0.25) is 0 Å². The lowest BCUT2D eigenvalue weighted by Gasteiger charge is -2.04. The van der Waals surface area contributed by atoms with Crippen molar-refractivity contribution in [1.29, 1.82) is 0 Å². The van der Waals surface area contributed by atoms with Crippen molar-refractivity contribution in [2.45, 2.75) is 25.0 Å². The van der Waals surface area contributed by atoms with E-state index in [0.717, 1.165) is 11.1 Å². The topological polar surface area (TPSA) is 61.2 Å². The average Bonchev–Trinajstić information content (AvgIpc) is 2.66. The lowest BCUT2D eigenvalue weighted by atomic mass is 10.1. The number of halogens is 2. The fraction of sp³-hybridized carbons (Fsp3) is 0.308. The van der Waals surface area contributed by atoms with Crippen molar-refractivity contribution in [3.8, 4) is 0 Å². The highest BCUT2D eigenvalue weighted by Gasteiger charge is 2.26. The highest BCUT2D eigenvalue weighted by atomic mass is 35.7. The summed E-state index contributed by atoms with van der Waals surface area (Å²) in [6, 6.07) is 7.77. The van der Waals surface area contributed by atoms with E-state index in [1.54, 1.807) is 0 Å². The first-order valence-electron chi connectivity index (χ1n) is 6.07. The zero-order valence-corrected chi connectivity index (χ0v) is 13.8. The second-order valence-electron chi connectivity index (χ2n) is 4.58. The smallest absolute Gasteiger partial charge is 0.266 e. The van der Waals surface area contributed by atoms with E-state index in [4.69, 9.17) is 27.0 Å². The molecule has 0 unspecified atom stereocenters. The SMILES string of the molecule is COCc1nn(Cc2cccc(C)c2)c(Cl)c1S(=O)(=O)Cl. The van der Waals surface area contributed by atoms with Crippen LogP contribution >= 0.6 is 22.3 Å². The molecule has 0 N–H and O–H groups in total. The molecule has 21 heavy (non-hydrogen) atoms. The third-order valence-electron chi connectivity index (χ3n) is 2.86. The Hall–Kier alpha value is -1.08. The summed E-state index contributed by atoms with van der Waals surface area (Å²) < 4.78 is 29.6. The Morgan fingerprint density at radius 1 is 1.38 bits per heavy atom. The summed E-state index contributed by atoms with van der Waals surface area (Å²) in [6.07, 6.45) is 0. The molecule has 1 aromatic heterocycles. The van der Waals surface area contributed by atoms with Crippen LogP contribution in [0.4, 0.5) is 0 Å². The standard InChI is InChI=1S/C13H14Cl2N2O3S/c1-9-4-3-5-10(6-9)7-17-13(14)12(21(15,18)19)11(16-17)8-20-2/h3-6H,7-8H2,1-2H3. The highest BCUT2D eigenvalue weighted by molar-refractivity contribution is 8.13. The van der Waals surface area contributed by atoms with Gasteiger partial charge < -0.3 is 4.74 Å². The summed E-state index contributed by atoms with van der Waals surface area (Å²) in [5, 5.41) is 4.17. The van der Waals surface area contributed by atoms with Crippen molar-refractivity contribution in [2.24, 2.45) is 0 Å². The van der Waals surface area contributed by atoms with Crippen LogP contribution in [-0.4, -0.2) is 25.3 Å². The van der Waals surface area contributed by atoms with Crippen LogP contribution in [0.15, 0.2) is 29.2 Å². The second kappa shape index (κ2) is 6.36. The molecule has 2 rings (SSSR count). The van der Waals surface area contributed by atoms with Gasteiger partial charge in [0.15, 0.2) is 0 Å². The minimum Gasteiger partial charge on any atom is -0.378 e. The second-order valence-corrected chi connectivity index (χ2v) is 7.44. The normalized spacial score (nSPS) is 11.8. The Balaban J connectivity index is 2.46. The van der Waals surface area contributed by atoms with Crippen molar-refractivity contribution in [3.63, 3.8) is 0 Å². The molecule has 0 aliphatic rings. The Kier molecular flexibility index (Phi) is 4.93. The summed E-state index contributed by atoms with van der Waals surface area (Å²) >= 11 is 6.12. The number of aryl methyl sites for hydroxylation is 1. The molecule has 0 fully saturated rings. The quantitative estimate of drug-likeness (QED) is 0.779. The third kappa shape index (κ3) is 3.77. The molecule has 0 saturated heterocycles. The van der Waals surface area contributed by atoms with Gasteiger partial charge in [0, 0.05) is 17.8 Å². The summed E-state index contributed by atoms with van der Waals surface area (Å²) in [5.41, 5.74) is 2.25. The van der Waals surface area contributed by atoms with E-state index >= 15 is 0 Å². The minimum absolute atomic E-state index is 0.0152. The zero-order valence-electron chi connectivity index (χ0n) is 11.5. The molecule has 114 valence electrons. The van der Waals surface area contributed by atoms with Crippen LogP contribution < -0.4 is 0 Å². The van der Waals surface area contributed by atoms with E-state index in [2.05, 4.69) is 5.10 Å². The third-order valence-corrected chi connectivity index (χ3v) is 4.73. The number of rotatable bonds is 5. The van der Waals surface area contributed by atoms with Gasteiger partial charge >= 0.3 is 0 Å². The Morgan fingerprint density at radius 2 is 2.10 bits per heavy atom. The minimum atomic E-state index is -3.99. The van der Waals surface area contributed by atoms with Gasteiger partial charge in [-0.05, 0) is 12.5 Å². The summed E-state index contributed by atoms with van der Waals surface area (Å²) in [4.78, 5) is -0.194. The van der Waals surface area contributed by atoms with Crippen LogP contribution in [0.3, 0.4) is 0 Å². The number of hydrogen-bond acceptors (Lipinski definition) is 4. The van der Waals surface area contributed by atoms with Crippen LogP contribution in [0.25, 0.3) is 0 Å². The molecule has 0 atom stereocenters. The molecular formula is C13H14Cl2N2O3S. The van der Waals surface area contributed by atoms with Crippen LogP contribution in [0, 0.1) is 6.92 Å². The first-order chi connectivity index (χ1) is 9.82. The molecule has 1 aromatic carbocycles. The van der Waals surface area contributed by atoms with Gasteiger partial charge in [0.25, 0.3) is 9.05 Å². The fourth-order valence-electron chi connectivity index (χ4n) is 2.03. The largest absolute Gasteiger partial charge is 0.378 e. The van der Waals surface area contributed by atoms with E-state index < -0.39 is 9.05 Å². The van der Waals surface area contributed by atoms with E-state index in [1.165, 1.54) is 11.8 Å². The van der Waals surface area contributed by atoms with Gasteiger partial charge in [-0.3, -0.25) is 0 Å². The molecule has 0 aliphatic heterocycles. The first-order valence-corrected chi connectivity index (χ1v) is 8.76. The molecule has 2 aromatic rings. The number of nitrogens with zero attached hydrogens (tertiary/aromatic N) is 2. The van der Waals surface area contributed by atoms with Crippen molar-refractivity contribution < 1.29 is 13.2 Å². The van der Waals surface area contributed by atoms with Gasteiger partial charge in [-0.2, -0.15) is 5.10 Å². The van der Waals surface area contributed by atoms with Crippen molar-refractivity contribution in [1.82, 2.24) is 9.78 Å². The predicted molar refractivity (Wildman–Crippen MR) is 81.3 cm³/mol. The van der Waals surface area contributed by atoms with Gasteiger partial charge in [-0.25, -0.2) is 13.1 Å². The molecule has 0 spiro atoms. The zero-order chi connectivity index (χ0) is 15.6. The first kappa shape index (κ1) is 16.3. The van der Waals surface area contributed by atoms with Gasteiger partial charge in [-0.15, -0.1) is 0 Å². The summed E-state index contributed by atoms with van der Waals surface area (Å²) in [7, 11) is 2.88. The predicted octanol–water partition coefficient (Wildman–Crippen LogP) is 2.97.